The van der Waals surface area contributed by atoms with Crippen LogP contribution in [0.4, 0.5) is 5.69 Å². The fraction of sp³-hybridized carbons (Fsp3) is 0.103. The topological polar surface area (TPSA) is 64.4 Å². The number of hydrogen-bond donors (Lipinski definition) is 1. The molecule has 0 saturated carbocycles. The number of aromatic nitrogens is 1. The van der Waals surface area contributed by atoms with E-state index in [0.29, 0.717) is 11.4 Å². The molecule has 5 aromatic rings. The highest BCUT2D eigenvalue weighted by molar-refractivity contribution is 6.32. The largest absolute Gasteiger partial charge is 0.496 e. The molecule has 0 aliphatic heterocycles. The van der Waals surface area contributed by atoms with Crippen molar-refractivity contribution in [3.63, 3.8) is 0 Å². The van der Waals surface area contributed by atoms with Gasteiger partial charge in [-0.3, -0.25) is 4.79 Å². The van der Waals surface area contributed by atoms with Crippen molar-refractivity contribution < 1.29 is 13.9 Å². The summed E-state index contributed by atoms with van der Waals surface area (Å²) in [5.41, 5.74) is 5.68. The SMILES string of the molecule is COc1c(/C(C)=C/C(=O)Nc2cccnc2Cl)cc2c(-c3ccc4ccccc4c3)coc2c1C. The number of amides is 1. The summed E-state index contributed by atoms with van der Waals surface area (Å²) < 4.78 is 11.7. The molecule has 0 fully saturated rings. The van der Waals surface area contributed by atoms with Gasteiger partial charge in [-0.25, -0.2) is 4.98 Å². The molecule has 0 aliphatic carbocycles. The number of carbonyl (C=O) groups excluding carboxylic acids is 1. The predicted octanol–water partition coefficient (Wildman–Crippen LogP) is 7.66. The van der Waals surface area contributed by atoms with Crippen LogP contribution in [-0.4, -0.2) is 18.0 Å². The zero-order valence-corrected chi connectivity index (χ0v) is 20.3. The van der Waals surface area contributed by atoms with Crippen molar-refractivity contribution in [2.45, 2.75) is 13.8 Å². The molecule has 5 rings (SSSR count). The summed E-state index contributed by atoms with van der Waals surface area (Å²) >= 11 is 6.08. The summed E-state index contributed by atoms with van der Waals surface area (Å²) in [6.45, 7) is 3.84. The maximum atomic E-state index is 12.7. The molecule has 1 amide bonds. The van der Waals surface area contributed by atoms with Gasteiger partial charge in [0.25, 0.3) is 0 Å². The number of fused-ring (bicyclic) bond motifs is 2. The van der Waals surface area contributed by atoms with Gasteiger partial charge in [-0.15, -0.1) is 0 Å². The van der Waals surface area contributed by atoms with Gasteiger partial charge < -0.3 is 14.5 Å². The van der Waals surface area contributed by atoms with Crippen LogP contribution in [0.3, 0.4) is 0 Å². The molecule has 1 N–H and O–H groups in total. The lowest BCUT2D eigenvalue weighted by molar-refractivity contribution is -0.111. The Morgan fingerprint density at radius 2 is 1.89 bits per heavy atom. The molecule has 0 bridgehead atoms. The molecule has 0 unspecified atom stereocenters. The zero-order chi connectivity index (χ0) is 24.5. The van der Waals surface area contributed by atoms with Gasteiger partial charge in [0.15, 0.2) is 5.15 Å². The van der Waals surface area contributed by atoms with Crippen LogP contribution < -0.4 is 10.1 Å². The number of nitrogens with zero attached hydrogens (tertiary/aromatic N) is 1. The highest BCUT2D eigenvalue weighted by Gasteiger charge is 2.19. The second-order valence-electron chi connectivity index (χ2n) is 8.33. The number of halogens is 1. The number of allylic oxidation sites excluding steroid dienone is 1. The van der Waals surface area contributed by atoms with Crippen molar-refractivity contribution in [2.75, 3.05) is 12.4 Å². The first kappa shape index (κ1) is 22.7. The predicted molar refractivity (Wildman–Crippen MR) is 142 cm³/mol. The maximum absolute atomic E-state index is 12.7. The number of benzene rings is 3. The van der Waals surface area contributed by atoms with Gasteiger partial charge in [0.2, 0.25) is 5.91 Å². The van der Waals surface area contributed by atoms with Crippen LogP contribution >= 0.6 is 11.6 Å². The summed E-state index contributed by atoms with van der Waals surface area (Å²) in [5, 5.41) is 6.31. The van der Waals surface area contributed by atoms with Gasteiger partial charge in [-0.1, -0.05) is 48.0 Å². The van der Waals surface area contributed by atoms with Crippen LogP contribution in [0.2, 0.25) is 5.15 Å². The van der Waals surface area contributed by atoms with E-state index in [9.17, 15) is 4.79 Å². The fourth-order valence-corrected chi connectivity index (χ4v) is 4.54. The lowest BCUT2D eigenvalue weighted by Crippen LogP contribution is -2.09. The van der Waals surface area contributed by atoms with Crippen molar-refractivity contribution in [3.8, 4) is 16.9 Å². The number of methoxy groups -OCH3 is 1. The van der Waals surface area contributed by atoms with Crippen molar-refractivity contribution in [1.29, 1.82) is 0 Å². The van der Waals surface area contributed by atoms with E-state index in [2.05, 4.69) is 40.6 Å². The Kier molecular flexibility index (Phi) is 6.01. The Hall–Kier alpha value is -4.09. The fourth-order valence-electron chi connectivity index (χ4n) is 4.37. The second kappa shape index (κ2) is 9.28. The third-order valence-electron chi connectivity index (χ3n) is 6.10. The maximum Gasteiger partial charge on any atom is 0.248 e. The molecular weight excluding hydrogens is 460 g/mol. The van der Waals surface area contributed by atoms with E-state index < -0.39 is 0 Å². The number of ether oxygens (including phenoxy) is 1. The van der Waals surface area contributed by atoms with Crippen LogP contribution in [0.1, 0.15) is 18.1 Å². The number of pyridine rings is 1. The van der Waals surface area contributed by atoms with E-state index in [1.807, 2.05) is 32.0 Å². The van der Waals surface area contributed by atoms with E-state index in [0.717, 1.165) is 44.2 Å². The number of nitrogens with one attached hydrogen (secondary N) is 1. The minimum Gasteiger partial charge on any atom is -0.496 e. The second-order valence-corrected chi connectivity index (χ2v) is 8.69. The van der Waals surface area contributed by atoms with E-state index in [1.54, 1.807) is 31.7 Å². The lowest BCUT2D eigenvalue weighted by Gasteiger charge is -2.13. The average Bonchev–Trinajstić information content (AvgIpc) is 3.29. The van der Waals surface area contributed by atoms with E-state index in [-0.39, 0.29) is 11.1 Å². The quantitative estimate of drug-likeness (QED) is 0.206. The minimum absolute atomic E-state index is 0.236. The molecule has 0 aliphatic rings. The van der Waals surface area contributed by atoms with E-state index >= 15 is 0 Å². The number of aryl methyl sites for hydroxylation is 1. The van der Waals surface area contributed by atoms with Gasteiger partial charge in [0.05, 0.1) is 19.1 Å². The molecule has 0 radical (unpaired) electrons. The van der Waals surface area contributed by atoms with Crippen LogP contribution in [0.25, 0.3) is 38.4 Å². The molecule has 174 valence electrons. The van der Waals surface area contributed by atoms with Crippen LogP contribution in [0.5, 0.6) is 5.75 Å². The Labute approximate surface area is 208 Å². The Balaban J connectivity index is 1.59. The van der Waals surface area contributed by atoms with Crippen molar-refractivity contribution in [1.82, 2.24) is 4.98 Å². The summed E-state index contributed by atoms with van der Waals surface area (Å²) in [6, 6.07) is 20.1. The summed E-state index contributed by atoms with van der Waals surface area (Å²) in [7, 11) is 1.62. The molecule has 2 heterocycles. The first-order valence-electron chi connectivity index (χ1n) is 11.1. The van der Waals surface area contributed by atoms with Gasteiger partial charge in [0.1, 0.15) is 11.3 Å². The van der Waals surface area contributed by atoms with Crippen LogP contribution in [0, 0.1) is 6.92 Å². The number of hydrogen-bond acceptors (Lipinski definition) is 4. The number of carbonyl (C=O) groups is 1. The van der Waals surface area contributed by atoms with E-state index in [1.165, 1.54) is 11.5 Å². The van der Waals surface area contributed by atoms with Crippen molar-refractivity contribution in [2.24, 2.45) is 0 Å². The molecule has 0 spiro atoms. The Bertz CT molecular complexity index is 1620. The van der Waals surface area contributed by atoms with Crippen molar-refractivity contribution in [3.05, 3.63) is 95.5 Å². The lowest BCUT2D eigenvalue weighted by atomic mass is 9.95. The number of furan rings is 1. The third-order valence-corrected chi connectivity index (χ3v) is 6.40. The number of rotatable bonds is 5. The Morgan fingerprint density at radius 1 is 1.09 bits per heavy atom. The highest BCUT2D eigenvalue weighted by Crippen LogP contribution is 2.41. The molecule has 6 heteroatoms. The smallest absolute Gasteiger partial charge is 0.248 e. The zero-order valence-electron chi connectivity index (χ0n) is 19.6. The Morgan fingerprint density at radius 3 is 2.66 bits per heavy atom. The normalized spacial score (nSPS) is 11.7. The summed E-state index contributed by atoms with van der Waals surface area (Å²) in [4.78, 5) is 16.7. The average molecular weight is 483 g/mol. The van der Waals surface area contributed by atoms with Crippen LogP contribution in [-0.2, 0) is 4.79 Å². The molecule has 5 nitrogen and oxygen atoms in total. The van der Waals surface area contributed by atoms with Crippen LogP contribution in [0.15, 0.2) is 83.6 Å². The molecule has 35 heavy (non-hydrogen) atoms. The van der Waals surface area contributed by atoms with Gasteiger partial charge in [-0.2, -0.15) is 0 Å². The minimum atomic E-state index is -0.306. The molecular formula is C29H23ClN2O3. The highest BCUT2D eigenvalue weighted by atomic mass is 35.5. The van der Waals surface area contributed by atoms with Gasteiger partial charge in [-0.05, 0) is 60.0 Å². The standard InChI is InChI=1S/C29H23ClN2O3/c1-17(13-26(33)32-25-9-6-12-31-29(25)30)22-15-23-24(16-35-28(23)18(2)27(22)34-3)21-11-10-19-7-4-5-8-20(19)14-21/h4-16H,1-3H3,(H,32,33)/b17-13+. The summed E-state index contributed by atoms with van der Waals surface area (Å²) in [5.74, 6) is 0.358. The van der Waals surface area contributed by atoms with E-state index in [4.69, 9.17) is 20.8 Å². The first-order valence-corrected chi connectivity index (χ1v) is 11.5. The molecule has 3 aromatic carbocycles. The third kappa shape index (κ3) is 4.27. The van der Waals surface area contributed by atoms with Gasteiger partial charge >= 0.3 is 0 Å². The molecule has 2 aromatic heterocycles. The monoisotopic (exact) mass is 482 g/mol. The number of anilines is 1. The van der Waals surface area contributed by atoms with Crippen molar-refractivity contribution >= 4 is 50.5 Å². The summed E-state index contributed by atoms with van der Waals surface area (Å²) in [6.07, 6.45) is 4.88. The van der Waals surface area contributed by atoms with Gasteiger partial charge in [0, 0.05) is 34.3 Å². The molecule has 0 atom stereocenters. The first-order chi connectivity index (χ1) is 17.0. The molecule has 0 saturated heterocycles.